The monoisotopic (exact) mass is 164 g/mol. The van der Waals surface area contributed by atoms with Crippen molar-refractivity contribution in [1.82, 2.24) is 4.98 Å². The van der Waals surface area contributed by atoms with Crippen molar-refractivity contribution in [2.24, 2.45) is 5.73 Å². The van der Waals surface area contributed by atoms with Crippen LogP contribution in [0.2, 0.25) is 0 Å². The van der Waals surface area contributed by atoms with Crippen LogP contribution >= 0.6 is 23.7 Å². The quantitative estimate of drug-likeness (QED) is 0.681. The van der Waals surface area contributed by atoms with Gasteiger partial charge in [0.15, 0.2) is 0 Å². The number of aryl methyl sites for hydroxylation is 1. The Morgan fingerprint density at radius 1 is 1.78 bits per heavy atom. The van der Waals surface area contributed by atoms with Gasteiger partial charge in [-0.2, -0.15) is 0 Å². The summed E-state index contributed by atoms with van der Waals surface area (Å²) in [7, 11) is 0. The van der Waals surface area contributed by atoms with Gasteiger partial charge in [0.1, 0.15) is 5.01 Å². The molecule has 0 aromatic carbocycles. The van der Waals surface area contributed by atoms with E-state index >= 15 is 0 Å². The van der Waals surface area contributed by atoms with Gasteiger partial charge in [-0.25, -0.2) is 4.98 Å². The molecule has 0 bridgehead atoms. The summed E-state index contributed by atoms with van der Waals surface area (Å²) in [5.74, 6) is 0. The van der Waals surface area contributed by atoms with E-state index in [4.69, 9.17) is 5.73 Å². The summed E-state index contributed by atoms with van der Waals surface area (Å²) in [4.78, 5) is 4.12. The van der Waals surface area contributed by atoms with Crippen LogP contribution in [-0.2, 0) is 6.54 Å². The minimum atomic E-state index is 0. The molecule has 0 aliphatic carbocycles. The SMILES string of the molecule is Cc1csc(CN)n1.Cl. The van der Waals surface area contributed by atoms with Crippen LogP contribution in [0.1, 0.15) is 10.7 Å². The Morgan fingerprint density at radius 3 is 2.67 bits per heavy atom. The minimum Gasteiger partial charge on any atom is -0.325 e. The average Bonchev–Trinajstić information content (AvgIpc) is 2.14. The van der Waals surface area contributed by atoms with Crippen molar-refractivity contribution in [3.63, 3.8) is 0 Å². The van der Waals surface area contributed by atoms with Gasteiger partial charge in [-0.1, -0.05) is 0 Å². The second kappa shape index (κ2) is 3.82. The lowest BCUT2D eigenvalue weighted by Gasteiger charge is -1.80. The number of hydrogen-bond donors (Lipinski definition) is 1. The van der Waals surface area contributed by atoms with E-state index < -0.39 is 0 Å². The van der Waals surface area contributed by atoms with Crippen LogP contribution in [-0.4, -0.2) is 4.98 Å². The molecule has 0 amide bonds. The Balaban J connectivity index is 0.000000640. The lowest BCUT2D eigenvalue weighted by molar-refractivity contribution is 1.02. The summed E-state index contributed by atoms with van der Waals surface area (Å²) in [6.07, 6.45) is 0. The van der Waals surface area contributed by atoms with Crippen LogP contribution in [0.25, 0.3) is 0 Å². The molecule has 0 atom stereocenters. The number of halogens is 1. The molecule has 1 rings (SSSR count). The molecule has 0 aliphatic heterocycles. The predicted octanol–water partition coefficient (Wildman–Crippen LogP) is 1.33. The van der Waals surface area contributed by atoms with E-state index in [1.807, 2.05) is 12.3 Å². The zero-order chi connectivity index (χ0) is 5.98. The number of nitrogens with two attached hydrogens (primary N) is 1. The average molecular weight is 165 g/mol. The second-order valence-corrected chi connectivity index (χ2v) is 2.53. The summed E-state index contributed by atoms with van der Waals surface area (Å²) in [5, 5.41) is 3.02. The second-order valence-electron chi connectivity index (χ2n) is 1.59. The van der Waals surface area contributed by atoms with E-state index in [1.54, 1.807) is 11.3 Å². The van der Waals surface area contributed by atoms with Crippen molar-refractivity contribution in [2.75, 3.05) is 0 Å². The molecule has 0 fully saturated rings. The normalized spacial score (nSPS) is 8.67. The summed E-state index contributed by atoms with van der Waals surface area (Å²) in [6, 6.07) is 0. The molecule has 52 valence electrons. The smallest absolute Gasteiger partial charge is 0.106 e. The molecule has 1 heterocycles. The zero-order valence-electron chi connectivity index (χ0n) is 5.13. The molecule has 0 saturated heterocycles. The van der Waals surface area contributed by atoms with E-state index in [-0.39, 0.29) is 12.4 Å². The van der Waals surface area contributed by atoms with Crippen LogP contribution in [0.15, 0.2) is 5.38 Å². The first kappa shape index (κ1) is 8.88. The standard InChI is InChI=1S/C5H8N2S.ClH/c1-4-3-8-5(2-6)7-4;/h3H,2,6H2,1H3;1H. The van der Waals surface area contributed by atoms with Gasteiger partial charge in [-0.3, -0.25) is 0 Å². The highest BCUT2D eigenvalue weighted by molar-refractivity contribution is 7.09. The van der Waals surface area contributed by atoms with Gasteiger partial charge in [0.25, 0.3) is 0 Å². The molecule has 0 unspecified atom stereocenters. The molecule has 0 radical (unpaired) electrons. The molecule has 1 aromatic rings. The number of hydrogen-bond acceptors (Lipinski definition) is 3. The number of thiazole rings is 1. The largest absolute Gasteiger partial charge is 0.325 e. The fraction of sp³-hybridized carbons (Fsp3) is 0.400. The highest BCUT2D eigenvalue weighted by Gasteiger charge is 1.91. The van der Waals surface area contributed by atoms with Crippen LogP contribution in [0.3, 0.4) is 0 Å². The van der Waals surface area contributed by atoms with Gasteiger partial charge in [-0.05, 0) is 6.92 Å². The zero-order valence-corrected chi connectivity index (χ0v) is 6.76. The van der Waals surface area contributed by atoms with Crippen LogP contribution in [0.5, 0.6) is 0 Å². The molecule has 0 spiro atoms. The van der Waals surface area contributed by atoms with Crippen molar-refractivity contribution in [3.8, 4) is 0 Å². The molecule has 9 heavy (non-hydrogen) atoms. The van der Waals surface area contributed by atoms with Crippen molar-refractivity contribution in [3.05, 3.63) is 16.1 Å². The third-order valence-electron chi connectivity index (χ3n) is 0.841. The van der Waals surface area contributed by atoms with Crippen molar-refractivity contribution in [1.29, 1.82) is 0 Å². The van der Waals surface area contributed by atoms with Crippen molar-refractivity contribution in [2.45, 2.75) is 13.5 Å². The van der Waals surface area contributed by atoms with Gasteiger partial charge in [-0.15, -0.1) is 23.7 Å². The minimum absolute atomic E-state index is 0. The number of nitrogens with zero attached hydrogens (tertiary/aromatic N) is 1. The van der Waals surface area contributed by atoms with Crippen LogP contribution in [0, 0.1) is 6.92 Å². The highest BCUT2D eigenvalue weighted by Crippen LogP contribution is 2.06. The summed E-state index contributed by atoms with van der Waals surface area (Å²) in [5.41, 5.74) is 6.38. The summed E-state index contributed by atoms with van der Waals surface area (Å²) < 4.78 is 0. The maximum Gasteiger partial charge on any atom is 0.106 e. The fourth-order valence-electron chi connectivity index (χ4n) is 0.496. The third-order valence-corrected chi connectivity index (χ3v) is 1.83. The highest BCUT2D eigenvalue weighted by atomic mass is 35.5. The first-order chi connectivity index (χ1) is 3.83. The third kappa shape index (κ3) is 2.30. The van der Waals surface area contributed by atoms with E-state index in [0.717, 1.165) is 10.7 Å². The molecule has 1 aromatic heterocycles. The van der Waals surface area contributed by atoms with Gasteiger partial charge in [0, 0.05) is 17.6 Å². The maximum absolute atomic E-state index is 5.31. The molecule has 0 saturated carbocycles. The molecular formula is C5H9ClN2S. The number of aromatic nitrogens is 1. The Hall–Kier alpha value is -0.120. The molecular weight excluding hydrogens is 156 g/mol. The topological polar surface area (TPSA) is 38.9 Å². The molecule has 0 aliphatic rings. The Labute approximate surface area is 64.5 Å². The predicted molar refractivity (Wildman–Crippen MR) is 42.0 cm³/mol. The molecule has 4 heteroatoms. The Bertz CT molecular complexity index is 175. The first-order valence-corrected chi connectivity index (χ1v) is 3.32. The van der Waals surface area contributed by atoms with E-state index in [1.165, 1.54) is 0 Å². The molecule has 2 N–H and O–H groups in total. The first-order valence-electron chi connectivity index (χ1n) is 2.44. The maximum atomic E-state index is 5.31. The number of rotatable bonds is 1. The Morgan fingerprint density at radius 2 is 2.44 bits per heavy atom. The summed E-state index contributed by atoms with van der Waals surface area (Å²) >= 11 is 1.61. The van der Waals surface area contributed by atoms with Gasteiger partial charge >= 0.3 is 0 Å². The fourth-order valence-corrected chi connectivity index (χ4v) is 1.15. The van der Waals surface area contributed by atoms with Crippen molar-refractivity contribution < 1.29 is 0 Å². The van der Waals surface area contributed by atoms with Crippen molar-refractivity contribution >= 4 is 23.7 Å². The lowest BCUT2D eigenvalue weighted by Crippen LogP contribution is -1.94. The van der Waals surface area contributed by atoms with Gasteiger partial charge < -0.3 is 5.73 Å². The summed E-state index contributed by atoms with van der Waals surface area (Å²) in [6.45, 7) is 2.54. The van der Waals surface area contributed by atoms with Crippen LogP contribution in [0.4, 0.5) is 0 Å². The van der Waals surface area contributed by atoms with Gasteiger partial charge in [0.05, 0.1) is 0 Å². The van der Waals surface area contributed by atoms with E-state index in [9.17, 15) is 0 Å². The molecule has 2 nitrogen and oxygen atoms in total. The van der Waals surface area contributed by atoms with Gasteiger partial charge in [0.2, 0.25) is 0 Å². The van der Waals surface area contributed by atoms with Crippen LogP contribution < -0.4 is 5.73 Å². The van der Waals surface area contributed by atoms with E-state index in [2.05, 4.69) is 4.98 Å². The Kier molecular flexibility index (Phi) is 3.77. The lowest BCUT2D eigenvalue weighted by atomic mass is 10.6. The van der Waals surface area contributed by atoms with E-state index in [0.29, 0.717) is 6.54 Å².